The number of carbonyl (C=O) groups is 1. The van der Waals surface area contributed by atoms with Gasteiger partial charge in [-0.3, -0.25) is 4.79 Å². The van der Waals surface area contributed by atoms with E-state index in [1.165, 1.54) is 37.8 Å². The van der Waals surface area contributed by atoms with E-state index in [4.69, 9.17) is 0 Å². The highest BCUT2D eigenvalue weighted by Gasteiger charge is 2.49. The summed E-state index contributed by atoms with van der Waals surface area (Å²) in [6.45, 7) is 3.98. The minimum Gasteiger partial charge on any atom is -0.352 e. The van der Waals surface area contributed by atoms with Crippen molar-refractivity contribution in [2.24, 2.45) is 0 Å². The molecule has 0 aliphatic carbocycles. The quantitative estimate of drug-likeness (QED) is 0.273. The first-order chi connectivity index (χ1) is 17.1. The van der Waals surface area contributed by atoms with E-state index in [-0.39, 0.29) is 17.9 Å². The summed E-state index contributed by atoms with van der Waals surface area (Å²) < 4.78 is 0. The lowest BCUT2D eigenvalue weighted by Gasteiger charge is -2.31. The predicted molar refractivity (Wildman–Crippen MR) is 146 cm³/mol. The standard InChI is InChI=1S/C32H27NOS/c1-21-27-15-9-10-16-28(27)33-30(21)29(24-19-17-23(18-20-24)22(2)34)32(35-26-13-7-4-8-14-26)31(33)25-11-5-3-6-12-25/h3-21,30-31H,1-2H3/t21-,30-,31-/m1/s1. The van der Waals surface area contributed by atoms with Gasteiger partial charge in [0.25, 0.3) is 0 Å². The van der Waals surface area contributed by atoms with Crippen LogP contribution in [0.15, 0.2) is 119 Å². The molecule has 3 heteroatoms. The van der Waals surface area contributed by atoms with Gasteiger partial charge < -0.3 is 4.90 Å². The number of rotatable bonds is 5. The minimum absolute atomic E-state index is 0.0984. The zero-order valence-electron chi connectivity index (χ0n) is 19.9. The Morgan fingerprint density at radius 2 is 1.40 bits per heavy atom. The molecule has 4 aromatic rings. The molecular weight excluding hydrogens is 446 g/mol. The zero-order chi connectivity index (χ0) is 23.9. The molecule has 0 saturated carbocycles. The molecule has 0 bridgehead atoms. The summed E-state index contributed by atoms with van der Waals surface area (Å²) in [5, 5.41) is 0. The number of hydrogen-bond donors (Lipinski definition) is 0. The van der Waals surface area contributed by atoms with E-state index < -0.39 is 0 Å². The number of thioether (sulfide) groups is 1. The minimum atomic E-state index is 0.0984. The van der Waals surface area contributed by atoms with Gasteiger partial charge in [0.2, 0.25) is 0 Å². The summed E-state index contributed by atoms with van der Waals surface area (Å²) in [7, 11) is 0. The van der Waals surface area contributed by atoms with Gasteiger partial charge in [0.05, 0.1) is 12.1 Å². The molecule has 0 aromatic heterocycles. The Kier molecular flexibility index (Phi) is 5.58. The number of Topliss-reactive ketones (excluding diaryl/α,β-unsaturated/α-hetero) is 1. The van der Waals surface area contributed by atoms with Crippen LogP contribution in [0.1, 0.15) is 52.9 Å². The highest BCUT2D eigenvalue weighted by Crippen LogP contribution is 2.60. The highest BCUT2D eigenvalue weighted by atomic mass is 32.2. The van der Waals surface area contributed by atoms with E-state index in [9.17, 15) is 4.79 Å². The molecule has 2 aliphatic rings. The van der Waals surface area contributed by atoms with Gasteiger partial charge in [-0.15, -0.1) is 0 Å². The highest BCUT2D eigenvalue weighted by molar-refractivity contribution is 8.03. The van der Waals surface area contributed by atoms with Gasteiger partial charge in [0.1, 0.15) is 0 Å². The lowest BCUT2D eigenvalue weighted by atomic mass is 9.88. The zero-order valence-corrected chi connectivity index (χ0v) is 20.7. The Hall–Kier alpha value is -3.56. The van der Waals surface area contributed by atoms with Crippen LogP contribution >= 0.6 is 11.8 Å². The number of ketones is 1. The van der Waals surface area contributed by atoms with Crippen molar-refractivity contribution in [3.05, 3.63) is 136 Å². The van der Waals surface area contributed by atoms with Gasteiger partial charge in [-0.25, -0.2) is 0 Å². The number of para-hydroxylation sites is 1. The Labute approximate surface area is 211 Å². The Bertz CT molecular complexity index is 1410. The Morgan fingerprint density at radius 3 is 2.09 bits per heavy atom. The van der Waals surface area contributed by atoms with Gasteiger partial charge in [-0.2, -0.15) is 0 Å². The van der Waals surface area contributed by atoms with Crippen LogP contribution in [0.4, 0.5) is 5.69 Å². The van der Waals surface area contributed by atoms with Crippen LogP contribution in [0.3, 0.4) is 0 Å². The first-order valence-corrected chi connectivity index (χ1v) is 13.0. The van der Waals surface area contributed by atoms with Crippen molar-refractivity contribution in [1.29, 1.82) is 0 Å². The molecule has 2 aliphatic heterocycles. The van der Waals surface area contributed by atoms with E-state index in [2.05, 4.69) is 109 Å². The van der Waals surface area contributed by atoms with Crippen LogP contribution in [0.5, 0.6) is 0 Å². The van der Waals surface area contributed by atoms with E-state index in [0.717, 1.165) is 5.56 Å². The molecule has 0 N–H and O–H groups in total. The maximum Gasteiger partial charge on any atom is 0.159 e. The fourth-order valence-corrected chi connectivity index (χ4v) is 6.90. The van der Waals surface area contributed by atoms with Crippen LogP contribution in [0.25, 0.3) is 5.57 Å². The summed E-state index contributed by atoms with van der Waals surface area (Å²) in [4.78, 5) is 17.2. The summed E-state index contributed by atoms with van der Waals surface area (Å²) in [5.74, 6) is 0.454. The van der Waals surface area contributed by atoms with Crippen LogP contribution in [0.2, 0.25) is 0 Å². The number of benzene rings is 4. The third-order valence-electron chi connectivity index (χ3n) is 7.26. The van der Waals surface area contributed by atoms with Gasteiger partial charge in [0, 0.05) is 27.0 Å². The molecule has 0 radical (unpaired) electrons. The van der Waals surface area contributed by atoms with Crippen molar-refractivity contribution in [1.82, 2.24) is 0 Å². The first-order valence-electron chi connectivity index (χ1n) is 12.1. The van der Waals surface area contributed by atoms with Crippen molar-refractivity contribution < 1.29 is 4.79 Å². The van der Waals surface area contributed by atoms with E-state index in [1.807, 2.05) is 23.9 Å². The second kappa shape index (κ2) is 8.90. The molecule has 35 heavy (non-hydrogen) atoms. The molecule has 0 spiro atoms. The maximum atomic E-state index is 12.0. The third-order valence-corrected chi connectivity index (χ3v) is 8.43. The molecule has 172 valence electrons. The SMILES string of the molecule is CC(=O)c1ccc(C2=C(Sc3ccccc3)[C@@H](c3ccccc3)N3c4ccccc4[C@@H](C)[C@H]23)cc1. The lowest BCUT2D eigenvalue weighted by molar-refractivity contribution is 0.101. The van der Waals surface area contributed by atoms with Gasteiger partial charge >= 0.3 is 0 Å². The molecule has 0 fully saturated rings. The fourth-order valence-electron chi connectivity index (χ4n) is 5.65. The van der Waals surface area contributed by atoms with Gasteiger partial charge in [-0.05, 0) is 47.4 Å². The third kappa shape index (κ3) is 3.71. The number of carbonyl (C=O) groups excluding carboxylic acids is 1. The van der Waals surface area contributed by atoms with Gasteiger partial charge in [-0.1, -0.05) is 110 Å². The smallest absolute Gasteiger partial charge is 0.159 e. The van der Waals surface area contributed by atoms with Crippen molar-refractivity contribution >= 4 is 28.8 Å². The van der Waals surface area contributed by atoms with Crippen molar-refractivity contribution in [3.8, 4) is 0 Å². The number of nitrogens with zero attached hydrogens (tertiary/aromatic N) is 1. The van der Waals surface area contributed by atoms with Crippen molar-refractivity contribution in [2.45, 2.75) is 36.7 Å². The molecule has 2 heterocycles. The summed E-state index contributed by atoms with van der Waals surface area (Å²) in [5.41, 5.74) is 7.34. The van der Waals surface area contributed by atoms with E-state index >= 15 is 0 Å². The normalized spacial score (nSPS) is 20.6. The Balaban J connectivity index is 1.59. The average molecular weight is 474 g/mol. The summed E-state index contributed by atoms with van der Waals surface area (Å²) in [6.07, 6.45) is 0. The number of fused-ring (bicyclic) bond motifs is 3. The summed E-state index contributed by atoms with van der Waals surface area (Å²) in [6, 6.07) is 39.0. The molecular formula is C32H27NOS. The Morgan fingerprint density at radius 1 is 0.771 bits per heavy atom. The molecule has 0 saturated heterocycles. The summed E-state index contributed by atoms with van der Waals surface area (Å²) >= 11 is 1.87. The van der Waals surface area contributed by atoms with E-state index in [1.54, 1.807) is 6.92 Å². The van der Waals surface area contributed by atoms with Crippen molar-refractivity contribution in [3.63, 3.8) is 0 Å². The van der Waals surface area contributed by atoms with Gasteiger partial charge in [0.15, 0.2) is 5.78 Å². The number of anilines is 1. The van der Waals surface area contributed by atoms with E-state index in [0.29, 0.717) is 5.92 Å². The van der Waals surface area contributed by atoms with Crippen LogP contribution in [-0.2, 0) is 0 Å². The molecule has 0 unspecified atom stereocenters. The molecule has 2 nitrogen and oxygen atoms in total. The van der Waals surface area contributed by atoms with Crippen LogP contribution in [0, 0.1) is 0 Å². The topological polar surface area (TPSA) is 20.3 Å². The molecule has 6 rings (SSSR count). The average Bonchev–Trinajstić information content (AvgIpc) is 3.37. The van der Waals surface area contributed by atoms with Crippen LogP contribution < -0.4 is 4.90 Å². The first kappa shape index (κ1) is 21.9. The maximum absolute atomic E-state index is 12.0. The largest absolute Gasteiger partial charge is 0.352 e. The monoisotopic (exact) mass is 473 g/mol. The fraction of sp³-hybridized carbons (Fsp3) is 0.156. The number of hydrogen-bond acceptors (Lipinski definition) is 3. The second-order valence-electron chi connectivity index (χ2n) is 9.34. The predicted octanol–water partition coefficient (Wildman–Crippen LogP) is 8.14. The second-order valence-corrected chi connectivity index (χ2v) is 10.5. The lowest BCUT2D eigenvalue weighted by Crippen LogP contribution is -2.31. The molecule has 3 atom stereocenters. The van der Waals surface area contributed by atoms with Crippen molar-refractivity contribution in [2.75, 3.05) is 4.90 Å². The van der Waals surface area contributed by atoms with Crippen LogP contribution in [-0.4, -0.2) is 11.8 Å². The molecule has 4 aromatic carbocycles. The molecule has 0 amide bonds.